The maximum absolute atomic E-state index is 4.05. The third-order valence-corrected chi connectivity index (χ3v) is 11.0. The van der Waals surface area contributed by atoms with E-state index in [4.69, 9.17) is 0 Å². The largest absolute Gasteiger partial charge is 0.317 e. The maximum Gasteiger partial charge on any atom is 0.0726 e. The third kappa shape index (κ3) is 4.85. The van der Waals surface area contributed by atoms with Crippen LogP contribution in [0.4, 0.5) is 11.4 Å². The van der Waals surface area contributed by atoms with Gasteiger partial charge in [-0.2, -0.15) is 0 Å². The van der Waals surface area contributed by atoms with Crippen LogP contribution in [-0.4, -0.2) is 0 Å². The molecule has 0 fully saturated rings. The fourth-order valence-electron chi connectivity index (χ4n) is 8.63. The number of anilines is 2. The van der Waals surface area contributed by atoms with E-state index < -0.39 is 5.41 Å². The van der Waals surface area contributed by atoms with Crippen LogP contribution in [0.15, 0.2) is 200 Å². The van der Waals surface area contributed by atoms with Crippen molar-refractivity contribution in [2.45, 2.75) is 19.3 Å². The van der Waals surface area contributed by atoms with E-state index in [2.05, 4.69) is 207 Å². The Bertz CT molecular complexity index is 2480. The smallest absolute Gasteiger partial charge is 0.0726 e. The lowest BCUT2D eigenvalue weighted by Gasteiger charge is -2.31. The lowest BCUT2D eigenvalue weighted by atomic mass is 9.70. The highest BCUT2D eigenvalue weighted by Crippen LogP contribution is 2.63. The van der Waals surface area contributed by atoms with Crippen LogP contribution in [0.25, 0.3) is 39.0 Å². The molecule has 52 heavy (non-hydrogen) atoms. The van der Waals surface area contributed by atoms with Crippen molar-refractivity contribution < 1.29 is 0 Å². The minimum Gasteiger partial charge on any atom is -0.317 e. The zero-order valence-electron chi connectivity index (χ0n) is 29.6. The number of aryl methyl sites for hydroxylation is 1. The average molecular weight is 666 g/mol. The van der Waals surface area contributed by atoms with Gasteiger partial charge < -0.3 is 4.90 Å². The number of rotatable bonds is 7. The molecule has 2 aliphatic carbocycles. The molecular formula is C51H39N. The zero-order valence-corrected chi connectivity index (χ0v) is 29.6. The third-order valence-electron chi connectivity index (χ3n) is 11.0. The van der Waals surface area contributed by atoms with Crippen LogP contribution in [0, 0.1) is 6.92 Å². The van der Waals surface area contributed by atoms with E-state index in [0.717, 1.165) is 22.5 Å². The van der Waals surface area contributed by atoms with E-state index in [1.165, 1.54) is 66.8 Å². The van der Waals surface area contributed by atoms with Crippen LogP contribution >= 0.6 is 0 Å². The minimum atomic E-state index is -0.417. The molecule has 248 valence electrons. The van der Waals surface area contributed by atoms with Gasteiger partial charge in [-0.3, -0.25) is 0 Å². The van der Waals surface area contributed by atoms with Crippen LogP contribution in [0.3, 0.4) is 0 Å². The maximum atomic E-state index is 4.05. The van der Waals surface area contributed by atoms with Crippen molar-refractivity contribution in [3.8, 4) is 33.4 Å². The molecule has 1 spiro atoms. The highest BCUT2D eigenvalue weighted by molar-refractivity contribution is 5.96. The molecule has 7 aromatic rings. The Morgan fingerprint density at radius 3 is 1.62 bits per heavy atom. The topological polar surface area (TPSA) is 3.24 Å². The molecular weight excluding hydrogens is 627 g/mol. The molecule has 1 heteroatoms. The molecule has 0 N–H and O–H groups in total. The first kappa shape index (κ1) is 31.5. The Kier molecular flexibility index (Phi) is 7.71. The van der Waals surface area contributed by atoms with Crippen LogP contribution in [-0.2, 0) is 5.41 Å². The summed E-state index contributed by atoms with van der Waals surface area (Å²) in [6.45, 7) is 8.42. The Labute approximate surface area is 307 Å². The molecule has 0 aromatic heterocycles. The van der Waals surface area contributed by atoms with Gasteiger partial charge >= 0.3 is 0 Å². The van der Waals surface area contributed by atoms with Gasteiger partial charge in [-0.1, -0.05) is 164 Å². The predicted octanol–water partition coefficient (Wildman–Crippen LogP) is 13.3. The summed E-state index contributed by atoms with van der Waals surface area (Å²) in [5, 5.41) is 0. The molecule has 2 aliphatic rings. The number of hydrogen-bond acceptors (Lipinski definition) is 1. The SMILES string of the molecule is C=C/C=C(C)\C(=C/N(c1ccc(-c2ccccc2)cc1)c1ccc2c(c1)C1(c3ccccc3-c3ccccc31)c1ccccc1-2)c1ccccc1C. The van der Waals surface area contributed by atoms with Crippen LogP contribution in [0.2, 0.25) is 0 Å². The summed E-state index contributed by atoms with van der Waals surface area (Å²) in [4.78, 5) is 2.38. The van der Waals surface area contributed by atoms with Crippen LogP contribution in [0.1, 0.15) is 40.3 Å². The molecule has 0 atom stereocenters. The standard InChI is InChI=1S/C51H39N/c1-4-16-35(2)46(41-20-9-8-17-36(41)3)34-52(39-29-27-38(28-30-39)37-18-6-5-7-19-37)40-31-32-45-44-23-12-15-26-49(44)51(50(45)33-40)47-24-13-10-21-42(47)43-22-11-14-25-48(43)51/h4-34H,1H2,2-3H3/b35-16-,46-34+. The highest BCUT2D eigenvalue weighted by atomic mass is 15.1. The van der Waals surface area contributed by atoms with Gasteiger partial charge in [0.25, 0.3) is 0 Å². The Balaban J connectivity index is 1.31. The summed E-state index contributed by atoms with van der Waals surface area (Å²) in [7, 11) is 0. The number of allylic oxidation sites excluding steroid dienone is 4. The molecule has 0 saturated carbocycles. The molecule has 0 amide bonds. The van der Waals surface area contributed by atoms with Gasteiger partial charge in [0.15, 0.2) is 0 Å². The van der Waals surface area contributed by atoms with Gasteiger partial charge in [0.2, 0.25) is 0 Å². The molecule has 0 radical (unpaired) electrons. The number of benzene rings is 7. The first-order valence-corrected chi connectivity index (χ1v) is 18.1. The molecule has 0 aliphatic heterocycles. The van der Waals surface area contributed by atoms with Crippen molar-refractivity contribution in [1.82, 2.24) is 0 Å². The molecule has 0 saturated heterocycles. The van der Waals surface area contributed by atoms with Crippen LogP contribution in [0.5, 0.6) is 0 Å². The fraction of sp³-hybridized carbons (Fsp3) is 0.0588. The monoisotopic (exact) mass is 665 g/mol. The quantitative estimate of drug-likeness (QED) is 0.153. The van der Waals surface area contributed by atoms with Gasteiger partial charge in [-0.15, -0.1) is 0 Å². The average Bonchev–Trinajstić information content (AvgIpc) is 3.66. The van der Waals surface area contributed by atoms with Gasteiger partial charge in [0.05, 0.1) is 5.41 Å². The number of fused-ring (bicyclic) bond motifs is 10. The van der Waals surface area contributed by atoms with Crippen molar-refractivity contribution in [2.24, 2.45) is 0 Å². The first-order chi connectivity index (χ1) is 25.6. The van der Waals surface area contributed by atoms with Gasteiger partial charge in [0.1, 0.15) is 0 Å². The van der Waals surface area contributed by atoms with E-state index in [-0.39, 0.29) is 0 Å². The summed E-state index contributed by atoms with van der Waals surface area (Å²) in [5.41, 5.74) is 19.5. The second kappa shape index (κ2) is 12.7. The summed E-state index contributed by atoms with van der Waals surface area (Å²) >= 11 is 0. The fourth-order valence-corrected chi connectivity index (χ4v) is 8.63. The van der Waals surface area contributed by atoms with Crippen molar-refractivity contribution in [3.05, 3.63) is 234 Å². The Hall–Kier alpha value is -6.44. The molecule has 0 heterocycles. The van der Waals surface area contributed by atoms with Crippen molar-refractivity contribution in [3.63, 3.8) is 0 Å². The summed E-state index contributed by atoms with van der Waals surface area (Å²) in [6, 6.07) is 62.3. The summed E-state index contributed by atoms with van der Waals surface area (Å²) < 4.78 is 0. The lowest BCUT2D eigenvalue weighted by molar-refractivity contribution is 0.793. The molecule has 9 rings (SSSR count). The lowest BCUT2D eigenvalue weighted by Crippen LogP contribution is -2.26. The van der Waals surface area contributed by atoms with E-state index in [1.54, 1.807) is 0 Å². The van der Waals surface area contributed by atoms with Crippen molar-refractivity contribution in [2.75, 3.05) is 4.90 Å². The molecule has 0 bridgehead atoms. The van der Waals surface area contributed by atoms with E-state index in [9.17, 15) is 0 Å². The summed E-state index contributed by atoms with van der Waals surface area (Å²) in [6.07, 6.45) is 6.31. The van der Waals surface area contributed by atoms with Crippen molar-refractivity contribution in [1.29, 1.82) is 0 Å². The highest BCUT2D eigenvalue weighted by Gasteiger charge is 2.51. The van der Waals surface area contributed by atoms with E-state index in [1.807, 2.05) is 6.08 Å². The Morgan fingerprint density at radius 1 is 0.519 bits per heavy atom. The van der Waals surface area contributed by atoms with E-state index in [0.29, 0.717) is 0 Å². The van der Waals surface area contributed by atoms with Gasteiger partial charge in [0, 0.05) is 23.1 Å². The zero-order chi connectivity index (χ0) is 35.2. The van der Waals surface area contributed by atoms with Crippen molar-refractivity contribution >= 4 is 16.9 Å². The summed E-state index contributed by atoms with van der Waals surface area (Å²) in [5.74, 6) is 0. The van der Waals surface area contributed by atoms with Crippen LogP contribution < -0.4 is 4.90 Å². The van der Waals surface area contributed by atoms with Gasteiger partial charge in [-0.25, -0.2) is 0 Å². The number of hydrogen-bond donors (Lipinski definition) is 0. The minimum absolute atomic E-state index is 0.417. The normalized spacial score (nSPS) is 13.7. The van der Waals surface area contributed by atoms with E-state index >= 15 is 0 Å². The number of nitrogens with zero attached hydrogens (tertiary/aromatic N) is 1. The second-order valence-electron chi connectivity index (χ2n) is 13.8. The Morgan fingerprint density at radius 2 is 1.02 bits per heavy atom. The van der Waals surface area contributed by atoms with Gasteiger partial charge in [-0.05, 0) is 110 Å². The molecule has 7 aromatic carbocycles. The first-order valence-electron chi connectivity index (χ1n) is 18.1. The second-order valence-corrected chi connectivity index (χ2v) is 13.8. The molecule has 0 unspecified atom stereocenters. The predicted molar refractivity (Wildman–Crippen MR) is 220 cm³/mol. The molecule has 1 nitrogen and oxygen atoms in total.